The summed E-state index contributed by atoms with van der Waals surface area (Å²) in [5.41, 5.74) is 1.87. The average molecular weight is 302 g/mol. The topological polar surface area (TPSA) is 43.4 Å². The van der Waals surface area contributed by atoms with E-state index in [0.717, 1.165) is 11.1 Å². The standard InChI is InChI=1S/C17H18O3S/c1-2-20-16(18)13-21(19)17(14-9-5-3-6-10-14)15-11-7-4-8-12-15/h3-12,17H,2,13H2,1H3/t21-/m0/s1. The van der Waals surface area contributed by atoms with E-state index in [1.807, 2.05) is 60.7 Å². The summed E-state index contributed by atoms with van der Waals surface area (Å²) in [6, 6.07) is 19.2. The Morgan fingerprint density at radius 3 is 1.90 bits per heavy atom. The van der Waals surface area contributed by atoms with Gasteiger partial charge in [0.05, 0.1) is 11.9 Å². The highest BCUT2D eigenvalue weighted by molar-refractivity contribution is 7.86. The molecule has 0 radical (unpaired) electrons. The molecule has 0 heterocycles. The summed E-state index contributed by atoms with van der Waals surface area (Å²) in [5, 5.41) is -0.322. The maximum Gasteiger partial charge on any atom is 0.318 e. The molecule has 2 aromatic rings. The zero-order valence-electron chi connectivity index (χ0n) is 11.9. The zero-order chi connectivity index (χ0) is 15.1. The van der Waals surface area contributed by atoms with Crippen molar-refractivity contribution in [1.82, 2.24) is 0 Å². The molecular weight excluding hydrogens is 284 g/mol. The lowest BCUT2D eigenvalue weighted by molar-refractivity contribution is -0.139. The lowest BCUT2D eigenvalue weighted by Gasteiger charge is -2.17. The lowest BCUT2D eigenvalue weighted by atomic mass is 10.0. The van der Waals surface area contributed by atoms with Crippen LogP contribution in [0.15, 0.2) is 60.7 Å². The van der Waals surface area contributed by atoms with E-state index in [1.165, 1.54) is 0 Å². The van der Waals surface area contributed by atoms with Crippen molar-refractivity contribution in [3.8, 4) is 0 Å². The maximum atomic E-state index is 12.6. The van der Waals surface area contributed by atoms with Gasteiger partial charge in [-0.3, -0.25) is 9.00 Å². The fourth-order valence-corrected chi connectivity index (χ4v) is 3.56. The summed E-state index contributed by atoms with van der Waals surface area (Å²) in [6.07, 6.45) is 0. The SMILES string of the molecule is CCOC(=O)C[S@](=O)C(c1ccccc1)c1ccccc1. The van der Waals surface area contributed by atoms with E-state index < -0.39 is 16.8 Å². The fourth-order valence-electron chi connectivity index (χ4n) is 2.15. The summed E-state index contributed by atoms with van der Waals surface area (Å²) >= 11 is 0. The molecule has 0 aliphatic carbocycles. The lowest BCUT2D eigenvalue weighted by Crippen LogP contribution is -2.19. The van der Waals surface area contributed by atoms with Gasteiger partial charge in [0.1, 0.15) is 5.75 Å². The largest absolute Gasteiger partial charge is 0.465 e. The van der Waals surface area contributed by atoms with Crippen LogP contribution in [0.25, 0.3) is 0 Å². The summed E-state index contributed by atoms with van der Waals surface area (Å²) in [7, 11) is -1.37. The molecule has 3 nitrogen and oxygen atoms in total. The molecule has 0 saturated carbocycles. The monoisotopic (exact) mass is 302 g/mol. The van der Waals surface area contributed by atoms with Gasteiger partial charge in [0.25, 0.3) is 0 Å². The quantitative estimate of drug-likeness (QED) is 0.770. The highest BCUT2D eigenvalue weighted by Gasteiger charge is 2.23. The van der Waals surface area contributed by atoms with Gasteiger partial charge < -0.3 is 4.74 Å². The van der Waals surface area contributed by atoms with Crippen LogP contribution in [-0.2, 0) is 20.3 Å². The van der Waals surface area contributed by atoms with E-state index in [4.69, 9.17) is 4.74 Å². The van der Waals surface area contributed by atoms with Crippen LogP contribution in [0, 0.1) is 0 Å². The van der Waals surface area contributed by atoms with E-state index in [2.05, 4.69) is 0 Å². The van der Waals surface area contributed by atoms with Crippen molar-refractivity contribution in [2.45, 2.75) is 12.2 Å². The summed E-state index contributed by atoms with van der Waals surface area (Å²) in [6.45, 7) is 2.05. The number of benzene rings is 2. The van der Waals surface area contributed by atoms with Gasteiger partial charge in [0.2, 0.25) is 0 Å². The predicted octanol–water partition coefficient (Wildman–Crippen LogP) is 3.09. The van der Waals surface area contributed by atoms with Crippen molar-refractivity contribution < 1.29 is 13.7 Å². The van der Waals surface area contributed by atoms with Gasteiger partial charge in [-0.25, -0.2) is 0 Å². The molecule has 0 spiro atoms. The third-order valence-corrected chi connectivity index (χ3v) is 4.62. The maximum absolute atomic E-state index is 12.6. The summed E-state index contributed by atoms with van der Waals surface area (Å²) in [5.74, 6) is -0.518. The van der Waals surface area contributed by atoms with Crippen LogP contribution >= 0.6 is 0 Å². The van der Waals surface area contributed by atoms with E-state index in [9.17, 15) is 9.00 Å². The number of ether oxygens (including phenoxy) is 1. The molecule has 1 atom stereocenters. The van der Waals surface area contributed by atoms with Crippen LogP contribution in [0.4, 0.5) is 0 Å². The number of hydrogen-bond acceptors (Lipinski definition) is 3. The molecule has 4 heteroatoms. The molecule has 0 N–H and O–H groups in total. The third-order valence-electron chi connectivity index (χ3n) is 3.03. The van der Waals surface area contributed by atoms with Crippen LogP contribution in [0.2, 0.25) is 0 Å². The predicted molar refractivity (Wildman–Crippen MR) is 84.4 cm³/mol. The molecule has 0 amide bonds. The Bertz CT molecular complexity index is 556. The molecule has 2 aromatic carbocycles. The van der Waals surface area contributed by atoms with Crippen LogP contribution in [0.5, 0.6) is 0 Å². The van der Waals surface area contributed by atoms with Gasteiger partial charge in [-0.15, -0.1) is 0 Å². The molecule has 0 bridgehead atoms. The molecule has 0 fully saturated rings. The van der Waals surface area contributed by atoms with Gasteiger partial charge in [-0.2, -0.15) is 0 Å². The Hall–Kier alpha value is -1.94. The number of carbonyl (C=O) groups is 1. The first-order valence-corrected chi connectivity index (χ1v) is 8.23. The number of esters is 1. The first-order chi connectivity index (χ1) is 10.2. The van der Waals surface area contributed by atoms with Gasteiger partial charge in [0, 0.05) is 10.8 Å². The normalized spacial score (nSPS) is 12.1. The Kier molecular flexibility index (Phi) is 5.69. The Labute approximate surface area is 127 Å². The average Bonchev–Trinajstić information content (AvgIpc) is 2.50. The van der Waals surface area contributed by atoms with Crippen molar-refractivity contribution in [1.29, 1.82) is 0 Å². The van der Waals surface area contributed by atoms with Crippen molar-refractivity contribution in [2.24, 2.45) is 0 Å². The molecule has 110 valence electrons. The molecule has 0 aliphatic heterocycles. The summed E-state index contributed by atoms with van der Waals surface area (Å²) in [4.78, 5) is 11.6. The van der Waals surface area contributed by atoms with Gasteiger partial charge in [-0.05, 0) is 18.1 Å². The molecule has 2 rings (SSSR count). The molecule has 0 aliphatic rings. The molecule has 0 aromatic heterocycles. The highest BCUT2D eigenvalue weighted by Crippen LogP contribution is 2.28. The van der Waals surface area contributed by atoms with E-state index in [-0.39, 0.29) is 11.0 Å². The van der Waals surface area contributed by atoms with Crippen molar-refractivity contribution >= 4 is 16.8 Å². The van der Waals surface area contributed by atoms with E-state index in [1.54, 1.807) is 6.92 Å². The minimum absolute atomic E-state index is 0.0949. The van der Waals surface area contributed by atoms with Crippen molar-refractivity contribution in [2.75, 3.05) is 12.4 Å². The molecule has 0 saturated heterocycles. The van der Waals surface area contributed by atoms with Gasteiger partial charge >= 0.3 is 5.97 Å². The van der Waals surface area contributed by atoms with Crippen LogP contribution in [-0.4, -0.2) is 22.5 Å². The molecule has 21 heavy (non-hydrogen) atoms. The van der Waals surface area contributed by atoms with Gasteiger partial charge in [-0.1, -0.05) is 60.7 Å². The Morgan fingerprint density at radius 2 is 1.48 bits per heavy atom. The second kappa shape index (κ2) is 7.74. The molecule has 0 unspecified atom stereocenters. The number of carbonyl (C=O) groups excluding carboxylic acids is 1. The Morgan fingerprint density at radius 1 is 1.00 bits per heavy atom. The highest BCUT2D eigenvalue weighted by atomic mass is 32.2. The number of rotatable bonds is 6. The first-order valence-electron chi connectivity index (χ1n) is 6.85. The van der Waals surface area contributed by atoms with E-state index >= 15 is 0 Å². The minimum atomic E-state index is -1.37. The number of hydrogen-bond donors (Lipinski definition) is 0. The van der Waals surface area contributed by atoms with Gasteiger partial charge in [0.15, 0.2) is 0 Å². The van der Waals surface area contributed by atoms with E-state index in [0.29, 0.717) is 6.61 Å². The fraction of sp³-hybridized carbons (Fsp3) is 0.235. The Balaban J connectivity index is 2.29. The van der Waals surface area contributed by atoms with Crippen molar-refractivity contribution in [3.63, 3.8) is 0 Å². The minimum Gasteiger partial charge on any atom is -0.465 e. The van der Waals surface area contributed by atoms with Crippen LogP contribution in [0.3, 0.4) is 0 Å². The third kappa shape index (κ3) is 4.26. The second-order valence-electron chi connectivity index (χ2n) is 4.53. The first kappa shape index (κ1) is 15.4. The van der Waals surface area contributed by atoms with Crippen LogP contribution < -0.4 is 0 Å². The second-order valence-corrected chi connectivity index (χ2v) is 6.05. The molecular formula is C17H18O3S. The van der Waals surface area contributed by atoms with Crippen molar-refractivity contribution in [3.05, 3.63) is 71.8 Å². The smallest absolute Gasteiger partial charge is 0.318 e. The summed E-state index contributed by atoms with van der Waals surface area (Å²) < 4.78 is 17.5. The zero-order valence-corrected chi connectivity index (χ0v) is 12.7. The van der Waals surface area contributed by atoms with Crippen LogP contribution in [0.1, 0.15) is 23.3 Å².